The van der Waals surface area contributed by atoms with Gasteiger partial charge >= 0.3 is 0 Å². The summed E-state index contributed by atoms with van der Waals surface area (Å²) in [5.41, 5.74) is 1.42. The number of sulfonamides is 1. The maximum atomic E-state index is 13.5. The Morgan fingerprint density at radius 1 is 0.917 bits per heavy atom. The second kappa shape index (κ2) is 11.5. The van der Waals surface area contributed by atoms with E-state index in [-0.39, 0.29) is 24.6 Å². The predicted octanol–water partition coefficient (Wildman–Crippen LogP) is 5.26. The molecule has 4 rings (SSSR count). The van der Waals surface area contributed by atoms with Crippen LogP contribution in [-0.2, 0) is 14.8 Å². The number of carbonyl (C=O) groups excluding carboxylic acids is 1. The minimum absolute atomic E-state index is 0.132. The van der Waals surface area contributed by atoms with Gasteiger partial charge in [-0.2, -0.15) is 0 Å². The molecule has 0 heterocycles. The summed E-state index contributed by atoms with van der Waals surface area (Å²) in [6.07, 6.45) is 1.93. The standard InChI is InChI=1S/C28H28N2O4S2/c1-21-10-12-23(13-11-21)30(36(32,33)25-16-14-24(35-2)15-17-25)20-28(31)29-18-19-34-27-9-5-7-22-6-3-4-8-26(22)27/h3-17H,18-20H2,1-2H3,(H,29,31). The number of nitrogens with one attached hydrogen (secondary N) is 1. The number of hydrogen-bond acceptors (Lipinski definition) is 5. The number of rotatable bonds is 10. The van der Waals surface area contributed by atoms with Gasteiger partial charge in [0.1, 0.15) is 18.9 Å². The summed E-state index contributed by atoms with van der Waals surface area (Å²) in [5, 5.41) is 4.85. The normalized spacial score (nSPS) is 11.3. The van der Waals surface area contributed by atoms with Crippen LogP contribution in [0.15, 0.2) is 101 Å². The molecule has 0 atom stereocenters. The van der Waals surface area contributed by atoms with Crippen molar-refractivity contribution < 1.29 is 17.9 Å². The van der Waals surface area contributed by atoms with Crippen LogP contribution in [0.25, 0.3) is 10.8 Å². The first kappa shape index (κ1) is 25.6. The fraction of sp³-hybridized carbons (Fsp3) is 0.179. The van der Waals surface area contributed by atoms with Gasteiger partial charge in [-0.05, 0) is 61.0 Å². The Morgan fingerprint density at radius 2 is 1.61 bits per heavy atom. The molecule has 0 aliphatic heterocycles. The topological polar surface area (TPSA) is 75.7 Å². The third kappa shape index (κ3) is 6.01. The summed E-state index contributed by atoms with van der Waals surface area (Å²) in [4.78, 5) is 13.9. The van der Waals surface area contributed by atoms with Gasteiger partial charge in [-0.1, -0.05) is 54.1 Å². The maximum absolute atomic E-state index is 13.5. The molecule has 0 fully saturated rings. The summed E-state index contributed by atoms with van der Waals surface area (Å²) < 4.78 is 34.0. The maximum Gasteiger partial charge on any atom is 0.264 e. The van der Waals surface area contributed by atoms with Crippen LogP contribution >= 0.6 is 11.8 Å². The molecule has 0 aliphatic rings. The van der Waals surface area contributed by atoms with Crippen molar-refractivity contribution in [2.24, 2.45) is 0 Å². The highest BCUT2D eigenvalue weighted by Gasteiger charge is 2.27. The van der Waals surface area contributed by atoms with Gasteiger partial charge in [0.15, 0.2) is 0 Å². The monoisotopic (exact) mass is 520 g/mol. The molecular formula is C28H28N2O4S2. The Labute approximate surface area is 216 Å². The molecule has 4 aromatic rings. The van der Waals surface area contributed by atoms with E-state index in [2.05, 4.69) is 5.32 Å². The minimum atomic E-state index is -3.95. The van der Waals surface area contributed by atoms with E-state index < -0.39 is 15.9 Å². The summed E-state index contributed by atoms with van der Waals surface area (Å²) in [6, 6.07) is 27.5. The molecule has 0 radical (unpaired) electrons. The number of ether oxygens (including phenoxy) is 1. The zero-order valence-electron chi connectivity index (χ0n) is 20.2. The van der Waals surface area contributed by atoms with Crippen molar-refractivity contribution >= 4 is 44.2 Å². The zero-order valence-corrected chi connectivity index (χ0v) is 21.8. The van der Waals surface area contributed by atoms with E-state index >= 15 is 0 Å². The van der Waals surface area contributed by atoms with Gasteiger partial charge in [0, 0.05) is 10.3 Å². The number of fused-ring (bicyclic) bond motifs is 1. The van der Waals surface area contributed by atoms with Crippen LogP contribution in [0.5, 0.6) is 5.75 Å². The Hall–Kier alpha value is -3.49. The summed E-state index contributed by atoms with van der Waals surface area (Å²) >= 11 is 1.53. The Kier molecular flexibility index (Phi) is 8.18. The van der Waals surface area contributed by atoms with Gasteiger partial charge in [-0.3, -0.25) is 9.10 Å². The fourth-order valence-corrected chi connectivity index (χ4v) is 5.59. The highest BCUT2D eigenvalue weighted by atomic mass is 32.2. The molecule has 6 nitrogen and oxygen atoms in total. The number of benzene rings is 4. The fourth-order valence-electron chi connectivity index (χ4n) is 3.76. The van der Waals surface area contributed by atoms with Crippen molar-refractivity contribution in [2.45, 2.75) is 16.7 Å². The van der Waals surface area contributed by atoms with Crippen LogP contribution in [0.3, 0.4) is 0 Å². The van der Waals surface area contributed by atoms with Crippen LogP contribution in [0.2, 0.25) is 0 Å². The van der Waals surface area contributed by atoms with Crippen LogP contribution in [0.4, 0.5) is 5.69 Å². The second-order valence-electron chi connectivity index (χ2n) is 8.20. The number of thioether (sulfide) groups is 1. The first-order valence-electron chi connectivity index (χ1n) is 11.5. The van der Waals surface area contributed by atoms with Crippen LogP contribution in [0, 0.1) is 6.92 Å². The van der Waals surface area contributed by atoms with E-state index in [4.69, 9.17) is 4.74 Å². The van der Waals surface area contributed by atoms with Crippen molar-refractivity contribution in [1.82, 2.24) is 5.32 Å². The van der Waals surface area contributed by atoms with E-state index in [1.54, 1.807) is 36.4 Å². The quantitative estimate of drug-likeness (QED) is 0.228. The molecule has 4 aromatic carbocycles. The lowest BCUT2D eigenvalue weighted by Gasteiger charge is -2.24. The van der Waals surface area contributed by atoms with E-state index in [9.17, 15) is 13.2 Å². The average molecular weight is 521 g/mol. The van der Waals surface area contributed by atoms with Crippen molar-refractivity contribution in [3.63, 3.8) is 0 Å². The highest BCUT2D eigenvalue weighted by Crippen LogP contribution is 2.26. The van der Waals surface area contributed by atoms with Crippen molar-refractivity contribution in [2.75, 3.05) is 30.3 Å². The molecule has 0 saturated carbocycles. The Morgan fingerprint density at radius 3 is 2.33 bits per heavy atom. The number of anilines is 1. The molecule has 0 unspecified atom stereocenters. The van der Waals surface area contributed by atoms with Crippen LogP contribution < -0.4 is 14.4 Å². The molecule has 8 heteroatoms. The van der Waals surface area contributed by atoms with Gasteiger partial charge in [0.2, 0.25) is 5.91 Å². The molecule has 186 valence electrons. The molecule has 0 aromatic heterocycles. The van der Waals surface area contributed by atoms with Crippen LogP contribution in [0.1, 0.15) is 5.56 Å². The zero-order chi connectivity index (χ0) is 25.5. The lowest BCUT2D eigenvalue weighted by Crippen LogP contribution is -2.41. The molecule has 0 bridgehead atoms. The number of carbonyl (C=O) groups is 1. The van der Waals surface area contributed by atoms with Gasteiger partial charge in [-0.25, -0.2) is 8.42 Å². The molecule has 0 spiro atoms. The van der Waals surface area contributed by atoms with Gasteiger partial charge < -0.3 is 10.1 Å². The number of hydrogen-bond donors (Lipinski definition) is 1. The Balaban J connectivity index is 1.45. The van der Waals surface area contributed by atoms with Gasteiger partial charge in [-0.15, -0.1) is 11.8 Å². The SMILES string of the molecule is CSc1ccc(S(=O)(=O)N(CC(=O)NCCOc2cccc3ccccc23)c2ccc(C)cc2)cc1. The molecule has 1 N–H and O–H groups in total. The summed E-state index contributed by atoms with van der Waals surface area (Å²) in [7, 11) is -3.95. The number of amides is 1. The minimum Gasteiger partial charge on any atom is -0.491 e. The van der Waals surface area contributed by atoms with E-state index in [1.807, 2.05) is 67.8 Å². The van der Waals surface area contributed by atoms with Crippen LogP contribution in [-0.4, -0.2) is 40.3 Å². The summed E-state index contributed by atoms with van der Waals surface area (Å²) in [6.45, 7) is 2.08. The summed E-state index contributed by atoms with van der Waals surface area (Å²) in [5.74, 6) is 0.321. The average Bonchev–Trinajstić information content (AvgIpc) is 2.90. The van der Waals surface area contributed by atoms with E-state index in [0.29, 0.717) is 5.69 Å². The largest absolute Gasteiger partial charge is 0.491 e. The second-order valence-corrected chi connectivity index (χ2v) is 10.9. The van der Waals surface area contributed by atoms with Crippen molar-refractivity contribution in [3.8, 4) is 5.75 Å². The van der Waals surface area contributed by atoms with Gasteiger partial charge in [0.05, 0.1) is 17.1 Å². The molecular weight excluding hydrogens is 492 g/mol. The third-order valence-corrected chi connectivity index (χ3v) is 8.22. The number of nitrogens with zero attached hydrogens (tertiary/aromatic N) is 1. The molecule has 36 heavy (non-hydrogen) atoms. The molecule has 0 saturated heterocycles. The smallest absolute Gasteiger partial charge is 0.264 e. The first-order valence-corrected chi connectivity index (χ1v) is 14.2. The molecule has 0 aliphatic carbocycles. The number of aryl methyl sites for hydroxylation is 1. The molecule has 1 amide bonds. The third-order valence-electron chi connectivity index (χ3n) is 5.69. The van der Waals surface area contributed by atoms with E-state index in [1.165, 1.54) is 11.8 Å². The lowest BCUT2D eigenvalue weighted by molar-refractivity contribution is -0.119. The lowest BCUT2D eigenvalue weighted by atomic mass is 10.1. The van der Waals surface area contributed by atoms with Gasteiger partial charge in [0.25, 0.3) is 10.0 Å². The van der Waals surface area contributed by atoms with Crippen molar-refractivity contribution in [3.05, 3.63) is 96.6 Å². The van der Waals surface area contributed by atoms with E-state index in [0.717, 1.165) is 31.3 Å². The highest BCUT2D eigenvalue weighted by molar-refractivity contribution is 7.98. The Bertz CT molecular complexity index is 1430. The predicted molar refractivity (Wildman–Crippen MR) is 146 cm³/mol. The first-order chi connectivity index (χ1) is 17.4. The van der Waals surface area contributed by atoms with Crippen molar-refractivity contribution in [1.29, 1.82) is 0 Å².